The lowest BCUT2D eigenvalue weighted by molar-refractivity contribution is -0.0593. The first-order valence-corrected chi connectivity index (χ1v) is 6.69. The topological polar surface area (TPSA) is 62.9 Å². The number of hydrogen-bond donors (Lipinski definition) is 1. The predicted octanol–water partition coefficient (Wildman–Crippen LogP) is 2.29. The molecule has 0 saturated carbocycles. The fourth-order valence-corrected chi connectivity index (χ4v) is 2.48. The zero-order valence-electron chi connectivity index (χ0n) is 11.7. The van der Waals surface area contributed by atoms with Gasteiger partial charge in [-0.2, -0.15) is 0 Å². The molecule has 1 aliphatic rings. The molecule has 1 fully saturated rings. The van der Waals surface area contributed by atoms with Gasteiger partial charge in [-0.3, -0.25) is 4.90 Å². The Morgan fingerprint density at radius 3 is 2.89 bits per heavy atom. The highest BCUT2D eigenvalue weighted by Crippen LogP contribution is 2.21. The summed E-state index contributed by atoms with van der Waals surface area (Å²) in [6, 6.07) is 2.02. The molecule has 1 aromatic heterocycles. The van der Waals surface area contributed by atoms with E-state index in [9.17, 15) is 4.79 Å². The highest BCUT2D eigenvalue weighted by Gasteiger charge is 2.26. The Hall–Kier alpha value is -1.33. The van der Waals surface area contributed by atoms with E-state index in [0.717, 1.165) is 31.7 Å². The smallest absolute Gasteiger partial charge is 0.371 e. The molecule has 1 aromatic rings. The fourth-order valence-electron chi connectivity index (χ4n) is 2.48. The van der Waals surface area contributed by atoms with Gasteiger partial charge in [0.2, 0.25) is 5.76 Å². The predicted molar refractivity (Wildman–Crippen MR) is 70.3 cm³/mol. The van der Waals surface area contributed by atoms with Crippen LogP contribution in [0.2, 0.25) is 0 Å². The molecule has 0 amide bonds. The zero-order valence-corrected chi connectivity index (χ0v) is 11.7. The molecular formula is C14H21NO4. The second-order valence-electron chi connectivity index (χ2n) is 5.13. The van der Waals surface area contributed by atoms with Crippen LogP contribution in [0.3, 0.4) is 0 Å². The van der Waals surface area contributed by atoms with Crippen LogP contribution in [0.4, 0.5) is 0 Å². The first-order chi connectivity index (χ1) is 9.01. The SMILES string of the molecule is CCC1COC(C)CN1Cc1cc(C(=O)O)oc1C. The van der Waals surface area contributed by atoms with Crippen LogP contribution in [0, 0.1) is 6.92 Å². The third kappa shape index (κ3) is 3.16. The second-order valence-corrected chi connectivity index (χ2v) is 5.13. The number of carbonyl (C=O) groups is 1. The highest BCUT2D eigenvalue weighted by molar-refractivity contribution is 5.84. The van der Waals surface area contributed by atoms with E-state index in [0.29, 0.717) is 11.8 Å². The summed E-state index contributed by atoms with van der Waals surface area (Å²) in [6.45, 7) is 8.33. The third-order valence-corrected chi connectivity index (χ3v) is 3.66. The first-order valence-electron chi connectivity index (χ1n) is 6.69. The van der Waals surface area contributed by atoms with Gasteiger partial charge in [-0.15, -0.1) is 0 Å². The maximum atomic E-state index is 10.9. The summed E-state index contributed by atoms with van der Waals surface area (Å²) in [5.74, 6) is -0.315. The van der Waals surface area contributed by atoms with Crippen molar-refractivity contribution >= 4 is 5.97 Å². The number of morpholine rings is 1. The number of ether oxygens (including phenoxy) is 1. The molecule has 2 rings (SSSR count). The Bertz CT molecular complexity index is 454. The maximum absolute atomic E-state index is 10.9. The lowest BCUT2D eigenvalue weighted by atomic mass is 10.1. The molecule has 1 saturated heterocycles. The molecule has 106 valence electrons. The summed E-state index contributed by atoms with van der Waals surface area (Å²) >= 11 is 0. The molecule has 0 aliphatic carbocycles. The molecular weight excluding hydrogens is 246 g/mol. The number of nitrogens with zero attached hydrogens (tertiary/aromatic N) is 1. The van der Waals surface area contributed by atoms with Gasteiger partial charge in [0.05, 0.1) is 12.7 Å². The Morgan fingerprint density at radius 1 is 1.58 bits per heavy atom. The molecule has 5 nitrogen and oxygen atoms in total. The van der Waals surface area contributed by atoms with Crippen molar-refractivity contribution in [2.75, 3.05) is 13.2 Å². The largest absolute Gasteiger partial charge is 0.475 e. The van der Waals surface area contributed by atoms with Gasteiger partial charge in [-0.05, 0) is 26.3 Å². The maximum Gasteiger partial charge on any atom is 0.371 e. The molecule has 2 unspecified atom stereocenters. The molecule has 1 aliphatic heterocycles. The van der Waals surface area contributed by atoms with Crippen molar-refractivity contribution in [3.8, 4) is 0 Å². The number of hydrogen-bond acceptors (Lipinski definition) is 4. The van der Waals surface area contributed by atoms with Crippen molar-refractivity contribution in [2.24, 2.45) is 0 Å². The summed E-state index contributed by atoms with van der Waals surface area (Å²) in [6.07, 6.45) is 1.24. The van der Waals surface area contributed by atoms with Gasteiger partial charge >= 0.3 is 5.97 Å². The van der Waals surface area contributed by atoms with Crippen molar-refractivity contribution in [2.45, 2.75) is 45.9 Å². The summed E-state index contributed by atoms with van der Waals surface area (Å²) in [4.78, 5) is 13.2. The number of furan rings is 1. The molecule has 0 radical (unpaired) electrons. The minimum atomic E-state index is -1.02. The highest BCUT2D eigenvalue weighted by atomic mass is 16.5. The van der Waals surface area contributed by atoms with Gasteiger partial charge in [-0.25, -0.2) is 4.79 Å². The number of carboxylic acids is 1. The summed E-state index contributed by atoms with van der Waals surface area (Å²) in [5, 5.41) is 8.94. The van der Waals surface area contributed by atoms with Crippen LogP contribution in [0.5, 0.6) is 0 Å². The van der Waals surface area contributed by atoms with E-state index in [1.807, 2.05) is 6.92 Å². The van der Waals surface area contributed by atoms with Crippen LogP contribution < -0.4 is 0 Å². The van der Waals surface area contributed by atoms with Crippen molar-refractivity contribution in [1.29, 1.82) is 0 Å². The van der Waals surface area contributed by atoms with E-state index >= 15 is 0 Å². The van der Waals surface area contributed by atoms with Gasteiger partial charge < -0.3 is 14.3 Å². The van der Waals surface area contributed by atoms with E-state index in [2.05, 4.69) is 18.7 Å². The lowest BCUT2D eigenvalue weighted by Crippen LogP contribution is -2.47. The molecule has 0 bridgehead atoms. The van der Waals surface area contributed by atoms with Crippen molar-refractivity contribution in [1.82, 2.24) is 4.90 Å². The molecule has 0 spiro atoms. The average Bonchev–Trinajstić information content (AvgIpc) is 2.72. The normalized spacial score (nSPS) is 24.6. The van der Waals surface area contributed by atoms with Gasteiger partial charge in [0.25, 0.3) is 0 Å². The minimum Gasteiger partial charge on any atom is -0.475 e. The van der Waals surface area contributed by atoms with Crippen molar-refractivity contribution < 1.29 is 19.1 Å². The van der Waals surface area contributed by atoms with Crippen molar-refractivity contribution in [3.05, 3.63) is 23.2 Å². The van der Waals surface area contributed by atoms with Gasteiger partial charge in [0.1, 0.15) is 5.76 Å². The first kappa shape index (κ1) is 14.1. The van der Waals surface area contributed by atoms with Gasteiger partial charge in [0.15, 0.2) is 0 Å². The van der Waals surface area contributed by atoms with Gasteiger partial charge in [0, 0.05) is 24.7 Å². The second kappa shape index (κ2) is 5.75. The third-order valence-electron chi connectivity index (χ3n) is 3.66. The van der Waals surface area contributed by atoms with E-state index in [1.54, 1.807) is 6.07 Å². The van der Waals surface area contributed by atoms with Crippen LogP contribution in [-0.2, 0) is 11.3 Å². The quantitative estimate of drug-likeness (QED) is 0.906. The lowest BCUT2D eigenvalue weighted by Gasteiger charge is -2.38. The average molecular weight is 267 g/mol. The van der Waals surface area contributed by atoms with Crippen LogP contribution in [0.25, 0.3) is 0 Å². The Labute approximate surface area is 113 Å². The Morgan fingerprint density at radius 2 is 2.32 bits per heavy atom. The molecule has 2 atom stereocenters. The van der Waals surface area contributed by atoms with E-state index < -0.39 is 5.97 Å². The number of aryl methyl sites for hydroxylation is 1. The Kier molecular flexibility index (Phi) is 4.27. The van der Waals surface area contributed by atoms with Crippen LogP contribution >= 0.6 is 0 Å². The summed E-state index contributed by atoms with van der Waals surface area (Å²) in [7, 11) is 0. The molecule has 1 N–H and O–H groups in total. The number of carboxylic acid groups (broad SMARTS) is 1. The van der Waals surface area contributed by atoms with Crippen LogP contribution in [0.1, 0.15) is 42.1 Å². The molecule has 19 heavy (non-hydrogen) atoms. The zero-order chi connectivity index (χ0) is 14.0. The standard InChI is InChI=1S/C14H21NO4/c1-4-12-8-18-9(2)6-15(12)7-11-5-13(14(16)17)19-10(11)3/h5,9,12H,4,6-8H2,1-3H3,(H,16,17). The van der Waals surface area contributed by atoms with Crippen LogP contribution in [-0.4, -0.2) is 41.3 Å². The van der Waals surface area contributed by atoms with E-state index in [1.165, 1.54) is 0 Å². The van der Waals surface area contributed by atoms with Gasteiger partial charge in [-0.1, -0.05) is 6.92 Å². The summed E-state index contributed by atoms with van der Waals surface area (Å²) in [5.41, 5.74) is 0.949. The van der Waals surface area contributed by atoms with Crippen LogP contribution in [0.15, 0.2) is 10.5 Å². The molecule has 0 aromatic carbocycles. The monoisotopic (exact) mass is 267 g/mol. The Balaban J connectivity index is 2.12. The number of rotatable bonds is 4. The van der Waals surface area contributed by atoms with E-state index in [4.69, 9.17) is 14.3 Å². The van der Waals surface area contributed by atoms with E-state index in [-0.39, 0.29) is 11.9 Å². The molecule has 5 heteroatoms. The minimum absolute atomic E-state index is 0.0156. The molecule has 2 heterocycles. The number of aromatic carboxylic acids is 1. The fraction of sp³-hybridized carbons (Fsp3) is 0.643. The van der Waals surface area contributed by atoms with Crippen molar-refractivity contribution in [3.63, 3.8) is 0 Å². The summed E-state index contributed by atoms with van der Waals surface area (Å²) < 4.78 is 10.9.